The van der Waals surface area contributed by atoms with E-state index in [0.29, 0.717) is 11.6 Å². The summed E-state index contributed by atoms with van der Waals surface area (Å²) in [5, 5.41) is 0. The Kier molecular flexibility index (Phi) is 3.19. The molecule has 3 N–H and O–H groups in total. The van der Waals surface area contributed by atoms with E-state index < -0.39 is 11.6 Å². The van der Waals surface area contributed by atoms with Crippen LogP contribution in [0.1, 0.15) is 24.6 Å². The van der Waals surface area contributed by atoms with Gasteiger partial charge in [-0.15, -0.1) is 0 Å². The van der Waals surface area contributed by atoms with E-state index in [1.54, 1.807) is 0 Å². The molecule has 0 amide bonds. The van der Waals surface area contributed by atoms with E-state index in [2.05, 4.69) is 15.4 Å². The van der Waals surface area contributed by atoms with Crippen LogP contribution in [0.5, 0.6) is 11.6 Å². The van der Waals surface area contributed by atoms with Gasteiger partial charge in [-0.3, -0.25) is 0 Å². The number of nitrogens with zero attached hydrogens (tertiary/aromatic N) is 2. The van der Waals surface area contributed by atoms with E-state index in [-0.39, 0.29) is 17.5 Å². The van der Waals surface area contributed by atoms with Gasteiger partial charge in [0.25, 0.3) is 0 Å². The van der Waals surface area contributed by atoms with Crippen LogP contribution in [-0.2, 0) is 0 Å². The second kappa shape index (κ2) is 5.01. The van der Waals surface area contributed by atoms with E-state index >= 15 is 0 Å². The summed E-state index contributed by atoms with van der Waals surface area (Å²) in [6.45, 7) is 0. The number of nitrogens with two attached hydrogens (primary N) is 1. The molecule has 0 spiro atoms. The maximum Gasteiger partial charge on any atom is 0.224 e. The molecule has 104 valence electrons. The fourth-order valence-corrected chi connectivity index (χ4v) is 1.76. The smallest absolute Gasteiger partial charge is 0.224 e. The summed E-state index contributed by atoms with van der Waals surface area (Å²) >= 11 is 0. The minimum absolute atomic E-state index is 0.124. The molecule has 1 aromatic heterocycles. The van der Waals surface area contributed by atoms with Gasteiger partial charge in [-0.05, 0) is 25.0 Å². The van der Waals surface area contributed by atoms with Crippen LogP contribution in [0.4, 0.5) is 14.6 Å². The zero-order valence-electron chi connectivity index (χ0n) is 10.4. The molecule has 0 bridgehead atoms. The molecular formula is C13H12F2N4O. The van der Waals surface area contributed by atoms with E-state index in [4.69, 9.17) is 10.6 Å². The van der Waals surface area contributed by atoms with Crippen LogP contribution in [0.3, 0.4) is 0 Å². The van der Waals surface area contributed by atoms with Gasteiger partial charge in [-0.2, -0.15) is 4.98 Å². The van der Waals surface area contributed by atoms with Crippen molar-refractivity contribution >= 4 is 5.82 Å². The van der Waals surface area contributed by atoms with Gasteiger partial charge < -0.3 is 10.2 Å². The Bertz CT molecular complexity index is 646. The van der Waals surface area contributed by atoms with E-state index in [1.165, 1.54) is 6.07 Å². The maximum absolute atomic E-state index is 13.5. The second-order valence-corrected chi connectivity index (χ2v) is 4.55. The number of nitrogens with one attached hydrogen (secondary N) is 1. The molecule has 1 heterocycles. The lowest BCUT2D eigenvalue weighted by Crippen LogP contribution is -2.10. The number of hydrogen-bond donors (Lipinski definition) is 2. The quantitative estimate of drug-likeness (QED) is 0.664. The average molecular weight is 278 g/mol. The van der Waals surface area contributed by atoms with Crippen molar-refractivity contribution in [3.63, 3.8) is 0 Å². The summed E-state index contributed by atoms with van der Waals surface area (Å²) < 4.78 is 31.9. The maximum atomic E-state index is 13.5. The zero-order chi connectivity index (χ0) is 14.1. The van der Waals surface area contributed by atoms with Crippen LogP contribution in [0.15, 0.2) is 24.3 Å². The van der Waals surface area contributed by atoms with Crippen LogP contribution in [-0.4, -0.2) is 9.97 Å². The predicted molar refractivity (Wildman–Crippen MR) is 68.2 cm³/mol. The van der Waals surface area contributed by atoms with Crippen molar-refractivity contribution in [2.24, 2.45) is 5.84 Å². The van der Waals surface area contributed by atoms with Crippen molar-refractivity contribution in [2.45, 2.75) is 18.8 Å². The second-order valence-electron chi connectivity index (χ2n) is 4.55. The summed E-state index contributed by atoms with van der Waals surface area (Å²) in [6, 6.07) is 4.40. The molecule has 3 rings (SSSR count). The summed E-state index contributed by atoms with van der Waals surface area (Å²) in [7, 11) is 0. The van der Waals surface area contributed by atoms with Gasteiger partial charge in [0.2, 0.25) is 5.88 Å². The fourth-order valence-electron chi connectivity index (χ4n) is 1.76. The summed E-state index contributed by atoms with van der Waals surface area (Å²) in [4.78, 5) is 8.39. The lowest BCUT2D eigenvalue weighted by molar-refractivity contribution is 0.420. The van der Waals surface area contributed by atoms with Crippen LogP contribution >= 0.6 is 0 Å². The van der Waals surface area contributed by atoms with Crippen molar-refractivity contribution in [3.8, 4) is 11.6 Å². The number of ether oxygens (including phenoxy) is 1. The van der Waals surface area contributed by atoms with Gasteiger partial charge >= 0.3 is 0 Å². The van der Waals surface area contributed by atoms with Gasteiger partial charge in [0.15, 0.2) is 11.6 Å². The number of hydrogen-bond acceptors (Lipinski definition) is 5. The van der Waals surface area contributed by atoms with Crippen molar-refractivity contribution in [1.29, 1.82) is 0 Å². The van der Waals surface area contributed by atoms with Crippen LogP contribution in [0.2, 0.25) is 0 Å². The SMILES string of the molecule is NNc1cc(Oc2cc(F)ccc2F)nc(C2CC2)n1. The van der Waals surface area contributed by atoms with Gasteiger partial charge in [-0.25, -0.2) is 19.6 Å². The molecule has 1 fully saturated rings. The molecule has 7 heteroatoms. The highest BCUT2D eigenvalue weighted by molar-refractivity contribution is 5.40. The first-order valence-corrected chi connectivity index (χ1v) is 6.14. The van der Waals surface area contributed by atoms with Crippen LogP contribution in [0.25, 0.3) is 0 Å². The van der Waals surface area contributed by atoms with Crippen LogP contribution in [0, 0.1) is 11.6 Å². The third kappa shape index (κ3) is 2.67. The average Bonchev–Trinajstić information content (AvgIpc) is 3.27. The third-order valence-corrected chi connectivity index (χ3v) is 2.92. The molecule has 1 aliphatic rings. The Hall–Kier alpha value is -2.28. The molecular weight excluding hydrogens is 266 g/mol. The largest absolute Gasteiger partial charge is 0.436 e. The lowest BCUT2D eigenvalue weighted by atomic mass is 10.3. The summed E-state index contributed by atoms with van der Waals surface area (Å²) in [6.07, 6.45) is 2.00. The number of halogens is 2. The third-order valence-electron chi connectivity index (χ3n) is 2.92. The highest BCUT2D eigenvalue weighted by atomic mass is 19.1. The number of hydrazine groups is 1. The van der Waals surface area contributed by atoms with Crippen molar-refractivity contribution in [2.75, 3.05) is 5.43 Å². The van der Waals surface area contributed by atoms with Gasteiger partial charge in [0.1, 0.15) is 17.5 Å². The fraction of sp³-hybridized carbons (Fsp3) is 0.231. The molecule has 0 aliphatic heterocycles. The molecule has 0 saturated heterocycles. The Morgan fingerprint density at radius 1 is 1.20 bits per heavy atom. The molecule has 1 aliphatic carbocycles. The minimum atomic E-state index is -0.666. The molecule has 20 heavy (non-hydrogen) atoms. The first-order valence-electron chi connectivity index (χ1n) is 6.14. The Morgan fingerprint density at radius 2 is 2.00 bits per heavy atom. The summed E-state index contributed by atoms with van der Waals surface area (Å²) in [5.74, 6) is 5.21. The number of aromatic nitrogens is 2. The number of benzene rings is 1. The van der Waals surface area contributed by atoms with Gasteiger partial charge in [0.05, 0.1) is 0 Å². The standard InChI is InChI=1S/C13H12F2N4O/c14-8-3-4-9(15)10(5-8)20-12-6-11(19-16)17-13(18-12)7-1-2-7/h3-7H,1-2,16H2,(H,17,18,19). The van der Waals surface area contributed by atoms with Crippen LogP contribution < -0.4 is 16.0 Å². The summed E-state index contributed by atoms with van der Waals surface area (Å²) in [5.41, 5.74) is 2.40. The highest BCUT2D eigenvalue weighted by Crippen LogP contribution is 2.39. The number of rotatable bonds is 4. The minimum Gasteiger partial charge on any atom is -0.436 e. The Labute approximate surface area is 113 Å². The number of anilines is 1. The molecule has 2 aromatic rings. The highest BCUT2D eigenvalue weighted by Gasteiger charge is 2.27. The van der Waals surface area contributed by atoms with E-state index in [9.17, 15) is 8.78 Å². The first kappa shape index (κ1) is 12.7. The Morgan fingerprint density at radius 3 is 2.70 bits per heavy atom. The molecule has 1 saturated carbocycles. The normalized spacial score (nSPS) is 14.2. The van der Waals surface area contributed by atoms with Crippen molar-refractivity contribution in [3.05, 3.63) is 41.7 Å². The van der Waals surface area contributed by atoms with E-state index in [0.717, 1.165) is 31.0 Å². The monoisotopic (exact) mass is 278 g/mol. The number of nitrogen functional groups attached to an aromatic ring is 1. The Balaban J connectivity index is 1.93. The molecule has 0 atom stereocenters. The predicted octanol–water partition coefficient (Wildman–Crippen LogP) is 2.71. The lowest BCUT2D eigenvalue weighted by Gasteiger charge is -2.09. The van der Waals surface area contributed by atoms with Crippen molar-refractivity contribution in [1.82, 2.24) is 9.97 Å². The van der Waals surface area contributed by atoms with Gasteiger partial charge in [0, 0.05) is 18.1 Å². The topological polar surface area (TPSA) is 73.1 Å². The van der Waals surface area contributed by atoms with Gasteiger partial charge in [-0.1, -0.05) is 0 Å². The van der Waals surface area contributed by atoms with Crippen molar-refractivity contribution < 1.29 is 13.5 Å². The molecule has 0 radical (unpaired) electrons. The first-order chi connectivity index (χ1) is 9.65. The van der Waals surface area contributed by atoms with E-state index in [1.807, 2.05) is 0 Å². The molecule has 1 aromatic carbocycles. The zero-order valence-corrected chi connectivity index (χ0v) is 10.4. The molecule has 0 unspecified atom stereocenters. The molecule has 5 nitrogen and oxygen atoms in total.